The summed E-state index contributed by atoms with van der Waals surface area (Å²) in [5, 5.41) is 8.36. The molecule has 0 radical (unpaired) electrons. The first-order valence-corrected chi connectivity index (χ1v) is 4.86. The second-order valence-electron chi connectivity index (χ2n) is 3.46. The van der Waals surface area contributed by atoms with Crippen LogP contribution in [0.5, 0.6) is 0 Å². The Morgan fingerprint density at radius 2 is 1.88 bits per heavy atom. The molecule has 5 heteroatoms. The van der Waals surface area contributed by atoms with Gasteiger partial charge in [0, 0.05) is 12.5 Å². The summed E-state index contributed by atoms with van der Waals surface area (Å²) in [5.74, 6) is -4.04. The molecule has 1 aromatic rings. The Balaban J connectivity index is 2.57. The maximum Gasteiger partial charge on any atom is 0.303 e. The van der Waals surface area contributed by atoms with Crippen molar-refractivity contribution in [2.75, 3.05) is 0 Å². The number of rotatable bonds is 5. The summed E-state index contributed by atoms with van der Waals surface area (Å²) < 4.78 is 38.6. The summed E-state index contributed by atoms with van der Waals surface area (Å²) in [6.07, 6.45) is 0.840. The van der Waals surface area contributed by atoms with Crippen molar-refractivity contribution >= 4 is 5.97 Å². The highest BCUT2D eigenvalue weighted by atomic mass is 19.2. The summed E-state index contributed by atoms with van der Waals surface area (Å²) >= 11 is 0. The Hall–Kier alpha value is -1.52. The van der Waals surface area contributed by atoms with Gasteiger partial charge in [0.05, 0.1) is 0 Å². The van der Waals surface area contributed by atoms with Gasteiger partial charge in [0.25, 0.3) is 0 Å². The van der Waals surface area contributed by atoms with Gasteiger partial charge in [0.15, 0.2) is 11.6 Å². The van der Waals surface area contributed by atoms with Crippen molar-refractivity contribution in [3.8, 4) is 0 Å². The molecule has 0 fully saturated rings. The summed E-state index contributed by atoms with van der Waals surface area (Å²) in [5.41, 5.74) is -0.0529. The molecule has 1 rings (SSSR count). The highest BCUT2D eigenvalue weighted by molar-refractivity contribution is 5.66. The third-order valence-electron chi connectivity index (χ3n) is 2.16. The highest BCUT2D eigenvalue weighted by Gasteiger charge is 2.10. The smallest absolute Gasteiger partial charge is 0.303 e. The van der Waals surface area contributed by atoms with Gasteiger partial charge >= 0.3 is 5.97 Å². The molecule has 0 saturated heterocycles. The Morgan fingerprint density at radius 3 is 2.50 bits per heavy atom. The molecule has 0 aliphatic heterocycles. The van der Waals surface area contributed by atoms with Gasteiger partial charge in [-0.1, -0.05) is 0 Å². The van der Waals surface area contributed by atoms with Gasteiger partial charge in [-0.2, -0.15) is 0 Å². The summed E-state index contributed by atoms with van der Waals surface area (Å²) in [6.45, 7) is 0. The van der Waals surface area contributed by atoms with Crippen LogP contribution in [0.1, 0.15) is 24.8 Å². The van der Waals surface area contributed by atoms with Gasteiger partial charge in [-0.25, -0.2) is 13.2 Å². The fraction of sp³-hybridized carbons (Fsp3) is 0.364. The number of benzene rings is 1. The fourth-order valence-electron chi connectivity index (χ4n) is 1.38. The normalized spacial score (nSPS) is 10.4. The van der Waals surface area contributed by atoms with E-state index in [4.69, 9.17) is 5.11 Å². The van der Waals surface area contributed by atoms with E-state index >= 15 is 0 Å². The van der Waals surface area contributed by atoms with E-state index in [0.717, 1.165) is 6.07 Å². The molecular weight excluding hydrogens is 221 g/mol. The average molecular weight is 232 g/mol. The van der Waals surface area contributed by atoms with Crippen LogP contribution in [0.15, 0.2) is 12.1 Å². The molecule has 1 N–H and O–H groups in total. The van der Waals surface area contributed by atoms with Crippen LogP contribution in [0.25, 0.3) is 0 Å². The van der Waals surface area contributed by atoms with Crippen molar-refractivity contribution in [1.82, 2.24) is 0 Å². The Morgan fingerprint density at radius 1 is 1.19 bits per heavy atom. The van der Waals surface area contributed by atoms with E-state index in [1.807, 2.05) is 0 Å². The van der Waals surface area contributed by atoms with E-state index in [9.17, 15) is 18.0 Å². The first-order valence-electron chi connectivity index (χ1n) is 4.86. The van der Waals surface area contributed by atoms with Crippen LogP contribution in [-0.4, -0.2) is 11.1 Å². The lowest BCUT2D eigenvalue weighted by atomic mass is 10.1. The molecule has 0 aromatic heterocycles. The van der Waals surface area contributed by atoms with Crippen molar-refractivity contribution in [2.24, 2.45) is 0 Å². The van der Waals surface area contributed by atoms with Gasteiger partial charge in [-0.15, -0.1) is 0 Å². The molecule has 0 heterocycles. The molecule has 16 heavy (non-hydrogen) atoms. The van der Waals surface area contributed by atoms with E-state index in [1.54, 1.807) is 0 Å². The number of aliphatic carboxylic acids is 1. The van der Waals surface area contributed by atoms with Crippen molar-refractivity contribution < 1.29 is 23.1 Å². The zero-order valence-electron chi connectivity index (χ0n) is 8.47. The number of carboxylic acids is 1. The minimum absolute atomic E-state index is 0.0284. The molecule has 2 nitrogen and oxygen atoms in total. The van der Waals surface area contributed by atoms with E-state index in [2.05, 4.69) is 0 Å². The first kappa shape index (κ1) is 12.5. The van der Waals surface area contributed by atoms with E-state index in [-0.39, 0.29) is 18.4 Å². The van der Waals surface area contributed by atoms with Crippen LogP contribution in [0.2, 0.25) is 0 Å². The van der Waals surface area contributed by atoms with Gasteiger partial charge < -0.3 is 5.11 Å². The second kappa shape index (κ2) is 5.53. The molecule has 0 spiro atoms. The van der Waals surface area contributed by atoms with E-state index in [0.29, 0.717) is 18.9 Å². The van der Waals surface area contributed by atoms with Gasteiger partial charge in [0.1, 0.15) is 5.82 Å². The first-order chi connectivity index (χ1) is 7.50. The SMILES string of the molecule is O=C(O)CCCCc1cc(F)cc(F)c1F. The van der Waals surface area contributed by atoms with Crippen LogP contribution in [0, 0.1) is 17.5 Å². The molecule has 0 amide bonds. The lowest BCUT2D eigenvalue weighted by molar-refractivity contribution is -0.137. The highest BCUT2D eigenvalue weighted by Crippen LogP contribution is 2.16. The van der Waals surface area contributed by atoms with Gasteiger partial charge in [-0.05, 0) is 30.9 Å². The summed E-state index contributed by atoms with van der Waals surface area (Å²) in [4.78, 5) is 10.2. The monoisotopic (exact) mass is 232 g/mol. The number of unbranched alkanes of at least 4 members (excludes halogenated alkanes) is 1. The van der Waals surface area contributed by atoms with E-state index < -0.39 is 23.4 Å². The number of carbonyl (C=O) groups is 1. The Kier molecular flexibility index (Phi) is 4.34. The summed E-state index contributed by atoms with van der Waals surface area (Å²) in [7, 11) is 0. The van der Waals surface area contributed by atoms with Crippen LogP contribution < -0.4 is 0 Å². The zero-order chi connectivity index (χ0) is 12.1. The molecule has 0 saturated carbocycles. The number of carboxylic acid groups (broad SMARTS) is 1. The third-order valence-corrected chi connectivity index (χ3v) is 2.16. The average Bonchev–Trinajstić information content (AvgIpc) is 2.19. The van der Waals surface area contributed by atoms with E-state index in [1.165, 1.54) is 0 Å². The predicted octanol–water partition coefficient (Wildman–Crippen LogP) is 2.90. The fourth-order valence-corrected chi connectivity index (χ4v) is 1.38. The van der Waals surface area contributed by atoms with Crippen molar-refractivity contribution in [3.05, 3.63) is 35.1 Å². The predicted molar refractivity (Wildman–Crippen MR) is 51.5 cm³/mol. The topological polar surface area (TPSA) is 37.3 Å². The second-order valence-corrected chi connectivity index (χ2v) is 3.46. The zero-order valence-corrected chi connectivity index (χ0v) is 8.47. The quantitative estimate of drug-likeness (QED) is 0.626. The van der Waals surface area contributed by atoms with Crippen molar-refractivity contribution in [3.63, 3.8) is 0 Å². The molecule has 0 unspecified atom stereocenters. The largest absolute Gasteiger partial charge is 0.481 e. The Bertz CT molecular complexity index is 391. The molecule has 0 aliphatic rings. The summed E-state index contributed by atoms with van der Waals surface area (Å²) in [6, 6.07) is 1.41. The number of hydrogen-bond donors (Lipinski definition) is 1. The third kappa shape index (κ3) is 3.56. The van der Waals surface area contributed by atoms with Crippen molar-refractivity contribution in [2.45, 2.75) is 25.7 Å². The van der Waals surface area contributed by atoms with Crippen LogP contribution in [-0.2, 0) is 11.2 Å². The molecule has 1 aromatic carbocycles. The molecular formula is C11H11F3O2. The Labute approximate surface area is 90.7 Å². The van der Waals surface area contributed by atoms with Gasteiger partial charge in [-0.3, -0.25) is 4.79 Å². The lowest BCUT2D eigenvalue weighted by Gasteiger charge is -2.03. The minimum atomic E-state index is -1.21. The molecule has 0 bridgehead atoms. The number of hydrogen-bond acceptors (Lipinski definition) is 1. The van der Waals surface area contributed by atoms with Crippen molar-refractivity contribution in [1.29, 1.82) is 0 Å². The minimum Gasteiger partial charge on any atom is -0.481 e. The maximum absolute atomic E-state index is 13.1. The van der Waals surface area contributed by atoms with Crippen LogP contribution in [0.4, 0.5) is 13.2 Å². The number of aryl methyl sites for hydroxylation is 1. The lowest BCUT2D eigenvalue weighted by Crippen LogP contribution is -1.99. The standard InChI is InChI=1S/C11H11F3O2/c12-8-5-7(11(14)9(13)6-8)3-1-2-4-10(15)16/h5-6H,1-4H2,(H,15,16). The number of halogens is 3. The van der Waals surface area contributed by atoms with Crippen LogP contribution in [0.3, 0.4) is 0 Å². The molecule has 0 atom stereocenters. The van der Waals surface area contributed by atoms with Gasteiger partial charge in [0.2, 0.25) is 0 Å². The molecule has 88 valence electrons. The maximum atomic E-state index is 13.1. The van der Waals surface area contributed by atoms with Crippen LogP contribution >= 0.6 is 0 Å². The molecule has 0 aliphatic carbocycles.